The van der Waals surface area contributed by atoms with Gasteiger partial charge in [-0.25, -0.2) is 0 Å². The van der Waals surface area contributed by atoms with E-state index >= 15 is 0 Å². The van der Waals surface area contributed by atoms with Gasteiger partial charge in [0.05, 0.1) is 57.3 Å². The van der Waals surface area contributed by atoms with Crippen LogP contribution in [0.25, 0.3) is 0 Å². The van der Waals surface area contributed by atoms with Gasteiger partial charge in [-0.1, -0.05) is 12.1 Å². The lowest BCUT2D eigenvalue weighted by atomic mass is 10.1. The van der Waals surface area contributed by atoms with Crippen molar-refractivity contribution >= 4 is 11.8 Å². The van der Waals surface area contributed by atoms with Crippen molar-refractivity contribution in [3.05, 3.63) is 35.4 Å². The summed E-state index contributed by atoms with van der Waals surface area (Å²) in [7, 11) is 0. The monoisotopic (exact) mass is 322 g/mol. The molecule has 0 saturated heterocycles. The average molecular weight is 322 g/mol. The fourth-order valence-corrected chi connectivity index (χ4v) is 2.22. The molecule has 0 bridgehead atoms. The summed E-state index contributed by atoms with van der Waals surface area (Å²) in [6, 6.07) is 6.82. The maximum absolute atomic E-state index is 12.1. The lowest BCUT2D eigenvalue weighted by Gasteiger charge is -2.13. The zero-order valence-electron chi connectivity index (χ0n) is 13.0. The van der Waals surface area contributed by atoms with Crippen LogP contribution < -0.4 is 5.73 Å². The average Bonchev–Trinajstić information content (AvgIpc) is 2.81. The number of hydrogen-bond acceptors (Lipinski definition) is 6. The molecule has 2 rings (SSSR count). The number of hydrogen-bond donors (Lipinski definition) is 1. The number of nitrogens with zero attached hydrogens (tertiary/aromatic N) is 1. The van der Waals surface area contributed by atoms with Crippen LogP contribution in [0.5, 0.6) is 0 Å². The zero-order chi connectivity index (χ0) is 16.5. The van der Waals surface area contributed by atoms with Gasteiger partial charge in [0.2, 0.25) is 0 Å². The second-order valence-electron chi connectivity index (χ2n) is 4.93. The van der Waals surface area contributed by atoms with Crippen molar-refractivity contribution in [3.8, 4) is 0 Å². The molecule has 0 aliphatic carbocycles. The number of benzene rings is 1. The molecule has 7 nitrogen and oxygen atoms in total. The third-order valence-electron chi connectivity index (χ3n) is 3.34. The summed E-state index contributed by atoms with van der Waals surface area (Å²) < 4.78 is 15.9. The summed E-state index contributed by atoms with van der Waals surface area (Å²) in [5, 5.41) is 0. The maximum atomic E-state index is 12.1. The third kappa shape index (κ3) is 4.84. The standard InChI is InChI=1S/C16H22N2O5/c17-5-7-21-9-11-23-12-10-22-8-6-18-15(19)13-3-1-2-4-14(13)16(18)20/h1-4H,5-12,17H2. The van der Waals surface area contributed by atoms with Crippen LogP contribution in [0.3, 0.4) is 0 Å². The highest BCUT2D eigenvalue weighted by Gasteiger charge is 2.34. The van der Waals surface area contributed by atoms with Crippen molar-refractivity contribution < 1.29 is 23.8 Å². The second-order valence-corrected chi connectivity index (χ2v) is 4.93. The van der Waals surface area contributed by atoms with Gasteiger partial charge in [-0.2, -0.15) is 0 Å². The van der Waals surface area contributed by atoms with Crippen molar-refractivity contribution in [2.24, 2.45) is 5.73 Å². The largest absolute Gasteiger partial charge is 0.378 e. The Bertz CT molecular complexity index is 500. The van der Waals surface area contributed by atoms with Crippen molar-refractivity contribution in [2.45, 2.75) is 0 Å². The molecule has 1 heterocycles. The van der Waals surface area contributed by atoms with E-state index in [4.69, 9.17) is 19.9 Å². The molecule has 2 N–H and O–H groups in total. The Labute approximate surface area is 135 Å². The SMILES string of the molecule is NCCOCCOCCOCCN1C(=O)c2ccccc2C1=O. The van der Waals surface area contributed by atoms with Crippen LogP contribution in [0, 0.1) is 0 Å². The summed E-state index contributed by atoms with van der Waals surface area (Å²) in [4.78, 5) is 25.4. The lowest BCUT2D eigenvalue weighted by Crippen LogP contribution is -2.33. The Morgan fingerprint density at radius 2 is 1.26 bits per heavy atom. The van der Waals surface area contributed by atoms with Crippen LogP contribution >= 0.6 is 0 Å². The van der Waals surface area contributed by atoms with Crippen molar-refractivity contribution in [3.63, 3.8) is 0 Å². The normalized spacial score (nSPS) is 13.7. The van der Waals surface area contributed by atoms with E-state index in [0.717, 1.165) is 0 Å². The summed E-state index contributed by atoms with van der Waals surface area (Å²) in [5.74, 6) is -0.523. The molecule has 0 aromatic heterocycles. The molecule has 1 aromatic carbocycles. The van der Waals surface area contributed by atoms with Crippen molar-refractivity contribution in [1.29, 1.82) is 0 Å². The highest BCUT2D eigenvalue weighted by atomic mass is 16.5. The van der Waals surface area contributed by atoms with Gasteiger partial charge in [0.1, 0.15) is 0 Å². The Morgan fingerprint density at radius 3 is 1.78 bits per heavy atom. The minimum absolute atomic E-state index is 0.242. The molecular weight excluding hydrogens is 300 g/mol. The topological polar surface area (TPSA) is 91.1 Å². The number of carbonyl (C=O) groups excluding carboxylic acids is 2. The molecule has 0 radical (unpaired) electrons. The molecular formula is C16H22N2O5. The van der Waals surface area contributed by atoms with Crippen LogP contribution in [-0.2, 0) is 14.2 Å². The number of imide groups is 1. The van der Waals surface area contributed by atoms with E-state index in [1.54, 1.807) is 24.3 Å². The molecule has 126 valence electrons. The van der Waals surface area contributed by atoms with Crippen molar-refractivity contribution in [2.75, 3.05) is 52.7 Å². The first-order chi connectivity index (χ1) is 11.3. The first kappa shape index (κ1) is 17.6. The molecule has 1 aliphatic heterocycles. The quantitative estimate of drug-likeness (QED) is 0.465. The number of amides is 2. The molecule has 0 spiro atoms. The number of rotatable bonds is 11. The minimum atomic E-state index is -0.262. The van der Waals surface area contributed by atoms with Crippen LogP contribution in [0.1, 0.15) is 20.7 Å². The molecule has 1 aromatic rings. The summed E-state index contributed by atoms with van der Waals surface area (Å²) in [5.41, 5.74) is 6.20. The first-order valence-corrected chi connectivity index (χ1v) is 7.64. The molecule has 7 heteroatoms. The Morgan fingerprint density at radius 1 is 0.783 bits per heavy atom. The van der Waals surface area contributed by atoms with E-state index < -0.39 is 0 Å². The molecule has 23 heavy (non-hydrogen) atoms. The fraction of sp³-hybridized carbons (Fsp3) is 0.500. The van der Waals surface area contributed by atoms with Crippen LogP contribution in [0.15, 0.2) is 24.3 Å². The number of nitrogens with two attached hydrogens (primary N) is 1. The predicted molar refractivity (Wildman–Crippen MR) is 83.3 cm³/mol. The Hall–Kier alpha value is -1.80. The molecule has 0 saturated carbocycles. The van der Waals surface area contributed by atoms with E-state index in [1.165, 1.54) is 4.90 Å². The molecule has 1 aliphatic rings. The molecule has 0 unspecified atom stereocenters. The number of fused-ring (bicyclic) bond motifs is 1. The molecule has 2 amide bonds. The summed E-state index contributed by atoms with van der Waals surface area (Å²) in [6.07, 6.45) is 0. The van der Waals surface area contributed by atoms with Gasteiger partial charge in [-0.3, -0.25) is 14.5 Å². The van der Waals surface area contributed by atoms with Gasteiger partial charge in [-0.05, 0) is 12.1 Å². The second kappa shape index (κ2) is 9.36. The summed E-state index contributed by atoms with van der Waals surface area (Å²) in [6.45, 7) is 3.40. The third-order valence-corrected chi connectivity index (χ3v) is 3.34. The first-order valence-electron chi connectivity index (χ1n) is 7.64. The Kier molecular flexibility index (Phi) is 7.15. The van der Waals surface area contributed by atoms with Crippen LogP contribution in [0.4, 0.5) is 0 Å². The maximum Gasteiger partial charge on any atom is 0.261 e. The van der Waals surface area contributed by atoms with E-state index in [-0.39, 0.29) is 18.4 Å². The van der Waals surface area contributed by atoms with Crippen LogP contribution in [0.2, 0.25) is 0 Å². The van der Waals surface area contributed by atoms with Gasteiger partial charge >= 0.3 is 0 Å². The zero-order valence-corrected chi connectivity index (χ0v) is 13.0. The van der Waals surface area contributed by atoms with Gasteiger partial charge in [-0.15, -0.1) is 0 Å². The Balaban J connectivity index is 1.57. The van der Waals surface area contributed by atoms with Crippen molar-refractivity contribution in [1.82, 2.24) is 4.90 Å². The lowest BCUT2D eigenvalue weighted by molar-refractivity contribution is 0.0124. The van der Waals surface area contributed by atoms with Gasteiger partial charge in [0.25, 0.3) is 11.8 Å². The predicted octanol–water partition coefficient (Wildman–Crippen LogP) is 0.291. The highest BCUT2D eigenvalue weighted by Crippen LogP contribution is 2.21. The van der Waals surface area contributed by atoms with Gasteiger partial charge < -0.3 is 19.9 Å². The van der Waals surface area contributed by atoms with Gasteiger partial charge in [0, 0.05) is 6.54 Å². The van der Waals surface area contributed by atoms with Gasteiger partial charge in [0.15, 0.2) is 0 Å². The summed E-state index contributed by atoms with van der Waals surface area (Å²) >= 11 is 0. The van der Waals surface area contributed by atoms with Crippen LogP contribution in [-0.4, -0.2) is 69.4 Å². The van der Waals surface area contributed by atoms with E-state index in [0.29, 0.717) is 57.3 Å². The molecule has 0 atom stereocenters. The number of ether oxygens (including phenoxy) is 3. The van der Waals surface area contributed by atoms with E-state index in [2.05, 4.69) is 0 Å². The molecule has 0 fully saturated rings. The van der Waals surface area contributed by atoms with E-state index in [1.807, 2.05) is 0 Å². The fourth-order valence-electron chi connectivity index (χ4n) is 2.22. The van der Waals surface area contributed by atoms with E-state index in [9.17, 15) is 9.59 Å². The smallest absolute Gasteiger partial charge is 0.261 e. The number of carbonyl (C=O) groups is 2. The highest BCUT2D eigenvalue weighted by molar-refractivity contribution is 6.21. The minimum Gasteiger partial charge on any atom is -0.378 e.